The van der Waals surface area contributed by atoms with E-state index >= 15 is 0 Å². The van der Waals surface area contributed by atoms with Crippen molar-refractivity contribution in [1.29, 1.82) is 0 Å². The molecule has 0 aromatic heterocycles. The average Bonchev–Trinajstić information content (AvgIpc) is 2.34. The predicted molar refractivity (Wildman–Crippen MR) is 66.4 cm³/mol. The van der Waals surface area contributed by atoms with Gasteiger partial charge in [0, 0.05) is 0 Å². The molecule has 1 rings (SSSR count). The number of carboxylic acid groups (broad SMARTS) is 2. The SMILES string of the molecule is CC(N[C@@H](CCc1ccccc1)C(=O)O)C(=O)O. The van der Waals surface area contributed by atoms with Crippen LogP contribution in [0.25, 0.3) is 0 Å². The summed E-state index contributed by atoms with van der Waals surface area (Å²) in [5.74, 6) is -2.08. The average molecular weight is 251 g/mol. The molecule has 0 spiro atoms. The predicted octanol–water partition coefficient (Wildman–Crippen LogP) is 1.14. The second-order valence-corrected chi connectivity index (χ2v) is 4.14. The molecule has 98 valence electrons. The van der Waals surface area contributed by atoms with Crippen molar-refractivity contribution in [3.8, 4) is 0 Å². The highest BCUT2D eigenvalue weighted by Crippen LogP contribution is 2.06. The molecule has 0 fully saturated rings. The van der Waals surface area contributed by atoms with Crippen LogP contribution in [0.4, 0.5) is 0 Å². The topological polar surface area (TPSA) is 86.6 Å². The minimum Gasteiger partial charge on any atom is -0.480 e. The highest BCUT2D eigenvalue weighted by Gasteiger charge is 2.22. The molecule has 5 nitrogen and oxygen atoms in total. The molecule has 0 saturated carbocycles. The van der Waals surface area contributed by atoms with Gasteiger partial charge in [0.1, 0.15) is 12.1 Å². The first-order valence-corrected chi connectivity index (χ1v) is 5.76. The molecule has 1 unspecified atom stereocenters. The zero-order valence-corrected chi connectivity index (χ0v) is 10.2. The van der Waals surface area contributed by atoms with Crippen LogP contribution in [0.5, 0.6) is 0 Å². The largest absolute Gasteiger partial charge is 0.480 e. The molecule has 0 bridgehead atoms. The van der Waals surface area contributed by atoms with E-state index in [1.54, 1.807) is 0 Å². The first-order chi connectivity index (χ1) is 8.50. The second kappa shape index (κ2) is 6.76. The molecule has 0 aliphatic rings. The summed E-state index contributed by atoms with van der Waals surface area (Å²) < 4.78 is 0. The summed E-state index contributed by atoms with van der Waals surface area (Å²) >= 11 is 0. The fraction of sp³-hybridized carbons (Fsp3) is 0.385. The summed E-state index contributed by atoms with van der Waals surface area (Å²) in [4.78, 5) is 21.7. The van der Waals surface area contributed by atoms with Crippen LogP contribution in [0.15, 0.2) is 30.3 Å². The first-order valence-electron chi connectivity index (χ1n) is 5.76. The smallest absolute Gasteiger partial charge is 0.320 e. The van der Waals surface area contributed by atoms with E-state index < -0.39 is 24.0 Å². The molecule has 18 heavy (non-hydrogen) atoms. The molecular weight excluding hydrogens is 234 g/mol. The van der Waals surface area contributed by atoms with Crippen LogP contribution in [0.3, 0.4) is 0 Å². The summed E-state index contributed by atoms with van der Waals surface area (Å²) in [7, 11) is 0. The fourth-order valence-electron chi connectivity index (χ4n) is 1.61. The molecule has 3 N–H and O–H groups in total. The Hall–Kier alpha value is -1.88. The lowest BCUT2D eigenvalue weighted by Crippen LogP contribution is -2.45. The number of carboxylic acids is 2. The van der Waals surface area contributed by atoms with Crippen LogP contribution in [0.1, 0.15) is 18.9 Å². The minimum absolute atomic E-state index is 0.358. The van der Waals surface area contributed by atoms with E-state index in [0.717, 1.165) is 5.56 Å². The monoisotopic (exact) mass is 251 g/mol. The quantitative estimate of drug-likeness (QED) is 0.676. The van der Waals surface area contributed by atoms with Crippen molar-refractivity contribution in [3.63, 3.8) is 0 Å². The Morgan fingerprint density at radius 3 is 2.28 bits per heavy atom. The lowest BCUT2D eigenvalue weighted by atomic mass is 10.0. The van der Waals surface area contributed by atoms with Gasteiger partial charge in [0.2, 0.25) is 0 Å². The molecule has 5 heteroatoms. The number of aliphatic carboxylic acids is 2. The maximum absolute atomic E-state index is 11.0. The van der Waals surface area contributed by atoms with E-state index in [2.05, 4.69) is 5.32 Å². The summed E-state index contributed by atoms with van der Waals surface area (Å²) in [6, 6.07) is 7.77. The Labute approximate surface area is 105 Å². The van der Waals surface area contributed by atoms with Gasteiger partial charge in [-0.15, -0.1) is 0 Å². The van der Waals surface area contributed by atoms with E-state index in [-0.39, 0.29) is 0 Å². The zero-order valence-electron chi connectivity index (χ0n) is 10.2. The van der Waals surface area contributed by atoms with Crippen molar-refractivity contribution in [1.82, 2.24) is 5.32 Å². The molecule has 0 aliphatic carbocycles. The Morgan fingerprint density at radius 1 is 1.17 bits per heavy atom. The highest BCUT2D eigenvalue weighted by molar-refractivity contribution is 5.77. The normalized spacial score (nSPS) is 13.8. The Bertz CT molecular complexity index is 405. The first kappa shape index (κ1) is 14.2. The molecule has 1 aromatic carbocycles. The number of carbonyl (C=O) groups is 2. The van der Waals surface area contributed by atoms with Crippen LogP contribution in [0.2, 0.25) is 0 Å². The number of nitrogens with one attached hydrogen (secondary N) is 1. The number of benzene rings is 1. The maximum Gasteiger partial charge on any atom is 0.320 e. The van der Waals surface area contributed by atoms with Gasteiger partial charge in [-0.25, -0.2) is 0 Å². The van der Waals surface area contributed by atoms with Crippen LogP contribution >= 0.6 is 0 Å². The van der Waals surface area contributed by atoms with Crippen LogP contribution in [-0.2, 0) is 16.0 Å². The molecule has 1 aromatic rings. The third kappa shape index (κ3) is 4.55. The number of rotatable bonds is 7. The van der Waals surface area contributed by atoms with Crippen molar-refractivity contribution >= 4 is 11.9 Å². The van der Waals surface area contributed by atoms with Gasteiger partial charge in [-0.05, 0) is 25.3 Å². The number of hydrogen-bond donors (Lipinski definition) is 3. The molecule has 0 saturated heterocycles. The Morgan fingerprint density at radius 2 is 1.78 bits per heavy atom. The van der Waals surface area contributed by atoms with E-state index in [1.807, 2.05) is 30.3 Å². The molecule has 0 aliphatic heterocycles. The zero-order chi connectivity index (χ0) is 13.5. The third-order valence-electron chi connectivity index (χ3n) is 2.68. The van der Waals surface area contributed by atoms with Crippen molar-refractivity contribution < 1.29 is 19.8 Å². The van der Waals surface area contributed by atoms with E-state index in [4.69, 9.17) is 10.2 Å². The Kier molecular flexibility index (Phi) is 5.32. The summed E-state index contributed by atoms with van der Waals surface area (Å²) in [6.07, 6.45) is 0.952. The summed E-state index contributed by atoms with van der Waals surface area (Å²) in [5.41, 5.74) is 1.04. The molecule has 0 heterocycles. The fourth-order valence-corrected chi connectivity index (χ4v) is 1.61. The number of hydrogen-bond acceptors (Lipinski definition) is 3. The third-order valence-corrected chi connectivity index (χ3v) is 2.68. The lowest BCUT2D eigenvalue weighted by Gasteiger charge is -2.17. The van der Waals surface area contributed by atoms with Crippen molar-refractivity contribution in [2.24, 2.45) is 0 Å². The molecule has 2 atom stereocenters. The van der Waals surface area contributed by atoms with Gasteiger partial charge in [0.05, 0.1) is 0 Å². The van der Waals surface area contributed by atoms with Gasteiger partial charge in [-0.1, -0.05) is 30.3 Å². The standard InChI is InChI=1S/C13H17NO4/c1-9(12(15)16)14-11(13(17)18)8-7-10-5-3-2-4-6-10/h2-6,9,11,14H,7-8H2,1H3,(H,15,16)(H,17,18)/t9?,11-/m0/s1. The van der Waals surface area contributed by atoms with Gasteiger partial charge in [-0.2, -0.15) is 0 Å². The van der Waals surface area contributed by atoms with Crippen molar-refractivity contribution in [3.05, 3.63) is 35.9 Å². The Balaban J connectivity index is 2.53. The molecular formula is C13H17NO4. The summed E-state index contributed by atoms with van der Waals surface area (Å²) in [5, 5.41) is 20.4. The number of aryl methyl sites for hydroxylation is 1. The van der Waals surface area contributed by atoms with Gasteiger partial charge < -0.3 is 10.2 Å². The lowest BCUT2D eigenvalue weighted by molar-refractivity contribution is -0.142. The van der Waals surface area contributed by atoms with E-state index in [9.17, 15) is 9.59 Å². The maximum atomic E-state index is 11.0. The minimum atomic E-state index is -1.05. The van der Waals surface area contributed by atoms with Gasteiger partial charge >= 0.3 is 11.9 Å². The van der Waals surface area contributed by atoms with Crippen LogP contribution in [0, 0.1) is 0 Å². The molecule has 0 radical (unpaired) electrons. The van der Waals surface area contributed by atoms with Gasteiger partial charge in [-0.3, -0.25) is 14.9 Å². The van der Waals surface area contributed by atoms with Gasteiger partial charge in [0.25, 0.3) is 0 Å². The van der Waals surface area contributed by atoms with Crippen LogP contribution < -0.4 is 5.32 Å². The van der Waals surface area contributed by atoms with Crippen molar-refractivity contribution in [2.75, 3.05) is 0 Å². The summed E-state index contributed by atoms with van der Waals surface area (Å²) in [6.45, 7) is 1.43. The highest BCUT2D eigenvalue weighted by atomic mass is 16.4. The van der Waals surface area contributed by atoms with E-state index in [1.165, 1.54) is 6.92 Å². The van der Waals surface area contributed by atoms with Crippen LogP contribution in [-0.4, -0.2) is 34.2 Å². The van der Waals surface area contributed by atoms with E-state index in [0.29, 0.717) is 12.8 Å². The second-order valence-electron chi connectivity index (χ2n) is 4.14. The van der Waals surface area contributed by atoms with Crippen molar-refractivity contribution in [2.45, 2.75) is 31.8 Å². The van der Waals surface area contributed by atoms with Gasteiger partial charge in [0.15, 0.2) is 0 Å². The molecule has 0 amide bonds.